The summed E-state index contributed by atoms with van der Waals surface area (Å²) >= 11 is 7.77. The van der Waals surface area contributed by atoms with Gasteiger partial charge in [-0.3, -0.25) is 19.6 Å². The largest absolute Gasteiger partial charge is 0.480 e. The van der Waals surface area contributed by atoms with Crippen molar-refractivity contribution in [1.29, 1.82) is 0 Å². The van der Waals surface area contributed by atoms with Crippen LogP contribution in [0.15, 0.2) is 46.0 Å². The summed E-state index contributed by atoms with van der Waals surface area (Å²) in [6, 6.07) is 2.99. The van der Waals surface area contributed by atoms with Crippen LogP contribution in [0.1, 0.15) is 30.0 Å². The van der Waals surface area contributed by atoms with Crippen LogP contribution in [-0.4, -0.2) is 90.2 Å². The van der Waals surface area contributed by atoms with Gasteiger partial charge < -0.3 is 15.2 Å². The summed E-state index contributed by atoms with van der Waals surface area (Å²) < 4.78 is 34.1. The molecule has 3 heterocycles. The van der Waals surface area contributed by atoms with E-state index in [0.717, 1.165) is 6.07 Å². The van der Waals surface area contributed by atoms with Crippen LogP contribution in [0.4, 0.5) is 8.78 Å². The number of carboxylic acids is 1. The van der Waals surface area contributed by atoms with Gasteiger partial charge in [0.2, 0.25) is 0 Å². The number of halogens is 3. The van der Waals surface area contributed by atoms with Crippen molar-refractivity contribution in [1.82, 2.24) is 20.1 Å². The summed E-state index contributed by atoms with van der Waals surface area (Å²) in [5.74, 6) is -1.78. The standard InChI is InChI=1S/C26H30ClF2N5O4S/c1-3-38-26(37)22-20(13-34-11-15(8-17(29)12-34)10-33(2)14-21(35)36)31-24(25-30-6-7-39-25)32-23(22)18-5-4-16(28)9-19(18)27/h4-7,9,15,17,23H,3,8,10-14H2,1-2H3,(H,31,32)(H,35,36)/t15?,17?,23-/m0/s1. The minimum atomic E-state index is -1.12. The number of rotatable bonds is 10. The molecule has 9 nitrogen and oxygen atoms in total. The number of esters is 1. The minimum absolute atomic E-state index is 0.105. The Morgan fingerprint density at radius 2 is 2.15 bits per heavy atom. The van der Waals surface area contributed by atoms with E-state index in [4.69, 9.17) is 26.4 Å². The van der Waals surface area contributed by atoms with Gasteiger partial charge in [0, 0.05) is 54.0 Å². The van der Waals surface area contributed by atoms with Crippen LogP contribution in [0.5, 0.6) is 0 Å². The van der Waals surface area contributed by atoms with E-state index in [-0.39, 0.29) is 42.8 Å². The van der Waals surface area contributed by atoms with Crippen LogP contribution in [0.3, 0.4) is 0 Å². The van der Waals surface area contributed by atoms with Crippen molar-refractivity contribution in [2.45, 2.75) is 25.6 Å². The first-order chi connectivity index (χ1) is 18.6. The Kier molecular flexibility index (Phi) is 9.65. The third-order valence-electron chi connectivity index (χ3n) is 6.43. The van der Waals surface area contributed by atoms with Gasteiger partial charge in [0.05, 0.1) is 18.7 Å². The highest BCUT2D eigenvalue weighted by molar-refractivity contribution is 7.11. The number of thiazole rings is 1. The maximum atomic E-state index is 14.9. The summed E-state index contributed by atoms with van der Waals surface area (Å²) in [5.41, 5.74) is 1.08. The lowest BCUT2D eigenvalue weighted by molar-refractivity contribution is -0.139. The number of hydrogen-bond donors (Lipinski definition) is 2. The lowest BCUT2D eigenvalue weighted by Crippen LogP contribution is -2.48. The number of carbonyl (C=O) groups is 2. The molecule has 210 valence electrons. The Morgan fingerprint density at radius 3 is 2.82 bits per heavy atom. The molecule has 2 unspecified atom stereocenters. The molecule has 0 amide bonds. The van der Waals surface area contributed by atoms with Gasteiger partial charge in [0.15, 0.2) is 10.8 Å². The Hall–Kier alpha value is -2.93. The molecule has 1 saturated heterocycles. The molecule has 0 bridgehead atoms. The highest BCUT2D eigenvalue weighted by Gasteiger charge is 2.36. The van der Waals surface area contributed by atoms with Crippen molar-refractivity contribution in [2.75, 3.05) is 46.4 Å². The quantitative estimate of drug-likeness (QED) is 0.411. The number of piperidine rings is 1. The van der Waals surface area contributed by atoms with Gasteiger partial charge in [-0.2, -0.15) is 0 Å². The zero-order valence-corrected chi connectivity index (χ0v) is 23.1. The molecular weight excluding hydrogens is 552 g/mol. The fraction of sp³-hybridized carbons (Fsp3) is 0.462. The molecule has 2 N–H and O–H groups in total. The van der Waals surface area contributed by atoms with Crippen LogP contribution >= 0.6 is 22.9 Å². The molecule has 13 heteroatoms. The normalized spacial score (nSPS) is 22.0. The Balaban J connectivity index is 1.70. The van der Waals surface area contributed by atoms with Crippen LogP contribution in [0, 0.1) is 11.7 Å². The minimum Gasteiger partial charge on any atom is -0.480 e. The van der Waals surface area contributed by atoms with Crippen molar-refractivity contribution in [3.8, 4) is 0 Å². The third-order valence-corrected chi connectivity index (χ3v) is 7.54. The van der Waals surface area contributed by atoms with Crippen molar-refractivity contribution in [2.24, 2.45) is 10.9 Å². The van der Waals surface area contributed by atoms with Gasteiger partial charge in [-0.05, 0) is 38.4 Å². The van der Waals surface area contributed by atoms with E-state index in [1.54, 1.807) is 30.4 Å². The highest BCUT2D eigenvalue weighted by Crippen LogP contribution is 2.37. The molecule has 2 aliphatic heterocycles. The molecule has 2 aromatic rings. The SMILES string of the molecule is CCOC(=O)C1=C(CN2CC(F)CC(CN(C)CC(=O)O)C2)NC(c2nccs2)=N[C@H]1c1ccc(F)cc1Cl. The average Bonchev–Trinajstić information content (AvgIpc) is 3.38. The topological polar surface area (TPSA) is 107 Å². The number of nitrogens with zero attached hydrogens (tertiary/aromatic N) is 4. The van der Waals surface area contributed by atoms with Crippen molar-refractivity contribution in [3.05, 3.63) is 62.5 Å². The molecule has 39 heavy (non-hydrogen) atoms. The van der Waals surface area contributed by atoms with E-state index in [2.05, 4.69) is 10.3 Å². The van der Waals surface area contributed by atoms with Crippen LogP contribution in [0.25, 0.3) is 0 Å². The van der Waals surface area contributed by atoms with E-state index in [1.807, 2.05) is 4.90 Å². The van der Waals surface area contributed by atoms with Gasteiger partial charge in [0.25, 0.3) is 0 Å². The van der Waals surface area contributed by atoms with Crippen LogP contribution < -0.4 is 5.32 Å². The molecular formula is C26H30ClF2N5O4S. The lowest BCUT2D eigenvalue weighted by Gasteiger charge is -2.38. The molecule has 1 aromatic heterocycles. The van der Waals surface area contributed by atoms with E-state index >= 15 is 0 Å². The number of nitrogens with one attached hydrogen (secondary N) is 1. The first kappa shape index (κ1) is 29.1. The fourth-order valence-corrected chi connectivity index (χ4v) is 5.88. The van der Waals surface area contributed by atoms with Gasteiger partial charge in [-0.25, -0.2) is 18.6 Å². The predicted octanol–water partition coefficient (Wildman–Crippen LogP) is 3.52. The van der Waals surface area contributed by atoms with Crippen molar-refractivity contribution >= 4 is 40.7 Å². The molecule has 1 fully saturated rings. The Labute approximate surface area is 234 Å². The molecule has 1 aromatic carbocycles. The Bertz CT molecular complexity index is 1260. The first-order valence-electron chi connectivity index (χ1n) is 12.5. The van der Waals surface area contributed by atoms with E-state index in [0.29, 0.717) is 41.6 Å². The second-order valence-electron chi connectivity index (χ2n) is 9.60. The number of aliphatic carboxylic acids is 1. The number of aromatic nitrogens is 1. The zero-order valence-electron chi connectivity index (χ0n) is 21.6. The van der Waals surface area contributed by atoms with Gasteiger partial charge in [-0.15, -0.1) is 11.3 Å². The monoisotopic (exact) mass is 581 g/mol. The van der Waals surface area contributed by atoms with Gasteiger partial charge in [-0.1, -0.05) is 17.7 Å². The molecule has 4 rings (SSSR count). The molecule has 2 aliphatic rings. The summed E-state index contributed by atoms with van der Waals surface area (Å²) in [6.45, 7) is 2.91. The first-order valence-corrected chi connectivity index (χ1v) is 13.8. The number of hydrogen-bond acceptors (Lipinski definition) is 9. The van der Waals surface area contributed by atoms with E-state index in [9.17, 15) is 18.4 Å². The molecule has 0 radical (unpaired) electrons. The van der Waals surface area contributed by atoms with E-state index in [1.165, 1.54) is 23.5 Å². The number of likely N-dealkylation sites (N-methyl/N-ethyl adjacent to an activating group) is 1. The maximum absolute atomic E-state index is 14.9. The number of aliphatic imine (C=N–C) groups is 1. The molecule has 3 atom stereocenters. The number of carbonyl (C=O) groups excluding carboxylic acids is 1. The smallest absolute Gasteiger partial charge is 0.338 e. The lowest BCUT2D eigenvalue weighted by atomic mass is 9.93. The van der Waals surface area contributed by atoms with Crippen LogP contribution in [0.2, 0.25) is 5.02 Å². The number of likely N-dealkylation sites (tertiary alicyclic amines) is 1. The molecule has 0 spiro atoms. The summed E-state index contributed by atoms with van der Waals surface area (Å²) in [7, 11) is 1.69. The highest BCUT2D eigenvalue weighted by atomic mass is 35.5. The number of ether oxygens (including phenoxy) is 1. The number of benzene rings is 1. The summed E-state index contributed by atoms with van der Waals surface area (Å²) in [4.78, 5) is 37.0. The average molecular weight is 582 g/mol. The zero-order chi connectivity index (χ0) is 28.1. The molecule has 0 saturated carbocycles. The van der Waals surface area contributed by atoms with E-state index < -0.39 is 30.0 Å². The van der Waals surface area contributed by atoms with Crippen molar-refractivity contribution in [3.63, 3.8) is 0 Å². The second-order valence-corrected chi connectivity index (χ2v) is 10.9. The van der Waals surface area contributed by atoms with Crippen LogP contribution in [-0.2, 0) is 14.3 Å². The molecule has 0 aliphatic carbocycles. The number of carboxylic acid groups (broad SMARTS) is 1. The fourth-order valence-electron chi connectivity index (χ4n) is 5.02. The summed E-state index contributed by atoms with van der Waals surface area (Å²) in [6.07, 6.45) is 0.828. The number of alkyl halides is 1. The van der Waals surface area contributed by atoms with Gasteiger partial charge in [0.1, 0.15) is 18.0 Å². The second kappa shape index (κ2) is 12.9. The summed E-state index contributed by atoms with van der Waals surface area (Å²) in [5, 5.41) is 14.8. The predicted molar refractivity (Wildman–Crippen MR) is 144 cm³/mol. The van der Waals surface area contributed by atoms with Crippen molar-refractivity contribution < 1.29 is 28.2 Å². The third kappa shape index (κ3) is 7.38. The van der Waals surface area contributed by atoms with Gasteiger partial charge >= 0.3 is 11.9 Å². The Morgan fingerprint density at radius 1 is 1.36 bits per heavy atom. The maximum Gasteiger partial charge on any atom is 0.338 e. The number of amidine groups is 1.